The largest absolute Gasteiger partial charge is 0.493 e. The Morgan fingerprint density at radius 2 is 1.29 bits per heavy atom. The van der Waals surface area contributed by atoms with E-state index in [1.54, 1.807) is 48.5 Å². The zero-order valence-corrected chi connectivity index (χ0v) is 21.3. The summed E-state index contributed by atoms with van der Waals surface area (Å²) in [6, 6.07) is 15.9. The Bertz CT molecular complexity index is 1320. The normalized spacial score (nSPS) is 10.4. The minimum absolute atomic E-state index is 0.282. The van der Waals surface area contributed by atoms with Crippen molar-refractivity contribution < 1.29 is 38.1 Å². The molecule has 0 unspecified atom stereocenters. The summed E-state index contributed by atoms with van der Waals surface area (Å²) < 4.78 is 26.1. The van der Waals surface area contributed by atoms with Gasteiger partial charge in [-0.1, -0.05) is 0 Å². The van der Waals surface area contributed by atoms with Crippen molar-refractivity contribution in [1.82, 2.24) is 10.7 Å². The number of carbonyl (C=O) groups is 3. The van der Waals surface area contributed by atoms with Crippen molar-refractivity contribution in [3.05, 3.63) is 77.4 Å². The second kappa shape index (κ2) is 13.3. The average molecular weight is 522 g/mol. The Morgan fingerprint density at radius 3 is 1.87 bits per heavy atom. The van der Waals surface area contributed by atoms with Gasteiger partial charge in [0.2, 0.25) is 0 Å². The molecule has 198 valence electrons. The van der Waals surface area contributed by atoms with E-state index >= 15 is 0 Å². The molecule has 11 heteroatoms. The van der Waals surface area contributed by atoms with Crippen LogP contribution in [0.5, 0.6) is 28.7 Å². The molecule has 0 atom stereocenters. The maximum Gasteiger partial charge on any atom is 0.343 e. The first-order valence-electron chi connectivity index (χ1n) is 11.2. The summed E-state index contributed by atoms with van der Waals surface area (Å²) in [4.78, 5) is 36.8. The molecule has 3 aromatic carbocycles. The van der Waals surface area contributed by atoms with E-state index in [4.69, 9.17) is 23.7 Å². The topological polar surface area (TPSA) is 134 Å². The van der Waals surface area contributed by atoms with E-state index in [9.17, 15) is 14.4 Å². The molecule has 0 radical (unpaired) electrons. The lowest BCUT2D eigenvalue weighted by atomic mass is 10.2. The Hall–Kier alpha value is -5.06. The van der Waals surface area contributed by atoms with Crippen LogP contribution in [0.1, 0.15) is 26.3 Å². The molecule has 11 nitrogen and oxygen atoms in total. The number of carbonyl (C=O) groups excluding carboxylic acids is 3. The first-order chi connectivity index (χ1) is 18.4. The maximum atomic E-state index is 12.4. The number of nitrogens with one attached hydrogen (secondary N) is 2. The lowest BCUT2D eigenvalue weighted by Crippen LogP contribution is -2.34. The van der Waals surface area contributed by atoms with Gasteiger partial charge in [0.15, 0.2) is 23.0 Å². The molecule has 2 amide bonds. The van der Waals surface area contributed by atoms with E-state index in [0.29, 0.717) is 45.4 Å². The van der Waals surface area contributed by atoms with Gasteiger partial charge in [0, 0.05) is 5.56 Å². The van der Waals surface area contributed by atoms with Gasteiger partial charge in [-0.15, -0.1) is 0 Å². The minimum Gasteiger partial charge on any atom is -0.493 e. The van der Waals surface area contributed by atoms with Crippen molar-refractivity contribution >= 4 is 24.0 Å². The van der Waals surface area contributed by atoms with Crippen LogP contribution in [0.3, 0.4) is 0 Å². The summed E-state index contributed by atoms with van der Waals surface area (Å²) >= 11 is 0. The summed E-state index contributed by atoms with van der Waals surface area (Å²) in [6.45, 7) is -0.282. The van der Waals surface area contributed by atoms with Gasteiger partial charge in [-0.25, -0.2) is 10.2 Å². The highest BCUT2D eigenvalue weighted by Gasteiger charge is 2.14. The van der Waals surface area contributed by atoms with E-state index < -0.39 is 17.8 Å². The van der Waals surface area contributed by atoms with Crippen molar-refractivity contribution in [1.29, 1.82) is 0 Å². The molecule has 0 fully saturated rings. The quantitative estimate of drug-likeness (QED) is 0.170. The number of hydrogen-bond acceptors (Lipinski definition) is 9. The molecule has 0 aliphatic carbocycles. The molecule has 0 bridgehead atoms. The number of nitrogens with zero attached hydrogens (tertiary/aromatic N) is 1. The number of ether oxygens (including phenoxy) is 5. The Labute approximate surface area is 219 Å². The van der Waals surface area contributed by atoms with Gasteiger partial charge in [-0.3, -0.25) is 9.59 Å². The molecule has 0 saturated heterocycles. The van der Waals surface area contributed by atoms with Crippen molar-refractivity contribution in [2.75, 3.05) is 35.0 Å². The van der Waals surface area contributed by atoms with E-state index in [0.717, 1.165) is 0 Å². The highest BCUT2D eigenvalue weighted by atomic mass is 16.5. The molecule has 0 heterocycles. The third-order valence-corrected chi connectivity index (χ3v) is 5.17. The van der Waals surface area contributed by atoms with Gasteiger partial charge in [0.1, 0.15) is 5.75 Å². The van der Waals surface area contributed by atoms with Crippen LogP contribution in [-0.2, 0) is 4.79 Å². The van der Waals surface area contributed by atoms with E-state index in [1.807, 2.05) is 0 Å². The van der Waals surface area contributed by atoms with Crippen molar-refractivity contribution in [2.45, 2.75) is 0 Å². The Morgan fingerprint density at radius 1 is 0.737 bits per heavy atom. The third kappa shape index (κ3) is 7.23. The molecule has 0 aliphatic rings. The van der Waals surface area contributed by atoms with Crippen LogP contribution in [0.4, 0.5) is 0 Å². The Kier molecular flexibility index (Phi) is 9.64. The molecule has 0 saturated carbocycles. The molecule has 3 rings (SSSR count). The van der Waals surface area contributed by atoms with Gasteiger partial charge in [0.25, 0.3) is 11.8 Å². The van der Waals surface area contributed by atoms with Gasteiger partial charge in [0.05, 0.1) is 46.8 Å². The van der Waals surface area contributed by atoms with Crippen LogP contribution in [0.15, 0.2) is 65.8 Å². The SMILES string of the molecule is COc1ccc(C(=O)NCC(=O)NN=Cc2ccc(OC(=O)c3ccc(OC)c(OC)c3)cc2)cc1OC. The molecule has 38 heavy (non-hydrogen) atoms. The van der Waals surface area contributed by atoms with Gasteiger partial charge in [-0.05, 0) is 66.2 Å². The predicted octanol–water partition coefficient (Wildman–Crippen LogP) is 2.82. The number of hydrazone groups is 1. The molecule has 0 aliphatic heterocycles. The van der Waals surface area contributed by atoms with Gasteiger partial charge < -0.3 is 29.0 Å². The van der Waals surface area contributed by atoms with Gasteiger partial charge in [-0.2, -0.15) is 5.10 Å². The van der Waals surface area contributed by atoms with Gasteiger partial charge >= 0.3 is 5.97 Å². The molecule has 2 N–H and O–H groups in total. The smallest absolute Gasteiger partial charge is 0.343 e. The summed E-state index contributed by atoms with van der Waals surface area (Å²) in [5, 5.41) is 6.37. The number of rotatable bonds is 11. The van der Waals surface area contributed by atoms with Crippen LogP contribution in [0.25, 0.3) is 0 Å². The van der Waals surface area contributed by atoms with Crippen molar-refractivity contribution in [2.24, 2.45) is 5.10 Å². The fourth-order valence-corrected chi connectivity index (χ4v) is 3.21. The number of benzene rings is 3. The lowest BCUT2D eigenvalue weighted by molar-refractivity contribution is -0.120. The first kappa shape index (κ1) is 27.5. The molecule has 0 spiro atoms. The maximum absolute atomic E-state index is 12.4. The Balaban J connectivity index is 1.48. The summed E-state index contributed by atoms with van der Waals surface area (Å²) in [7, 11) is 5.94. The molecule has 3 aromatic rings. The van der Waals surface area contributed by atoms with E-state index in [1.165, 1.54) is 46.8 Å². The lowest BCUT2D eigenvalue weighted by Gasteiger charge is -2.09. The van der Waals surface area contributed by atoms with Crippen LogP contribution in [0.2, 0.25) is 0 Å². The standard InChI is InChI=1S/C27H27N3O8/c1-34-21-11-7-18(13-23(21)36-3)26(32)28-16-25(31)30-29-15-17-5-9-20(10-6-17)38-27(33)19-8-12-22(35-2)24(14-19)37-4/h5-15H,16H2,1-4H3,(H,28,32)(H,30,31). The fourth-order valence-electron chi connectivity index (χ4n) is 3.21. The summed E-state index contributed by atoms with van der Waals surface area (Å²) in [6.07, 6.45) is 1.41. The van der Waals surface area contributed by atoms with Crippen molar-refractivity contribution in [3.8, 4) is 28.7 Å². The molecule has 0 aromatic heterocycles. The highest BCUT2D eigenvalue weighted by molar-refractivity contribution is 5.97. The second-order valence-corrected chi connectivity index (χ2v) is 7.57. The summed E-state index contributed by atoms with van der Waals surface area (Å²) in [5.41, 5.74) is 3.59. The average Bonchev–Trinajstić information content (AvgIpc) is 2.95. The second-order valence-electron chi connectivity index (χ2n) is 7.57. The third-order valence-electron chi connectivity index (χ3n) is 5.17. The van der Waals surface area contributed by atoms with Crippen LogP contribution in [-0.4, -0.2) is 59.0 Å². The van der Waals surface area contributed by atoms with Crippen LogP contribution >= 0.6 is 0 Å². The molecular weight excluding hydrogens is 494 g/mol. The van der Waals surface area contributed by atoms with E-state index in [2.05, 4.69) is 15.8 Å². The molecular formula is C27H27N3O8. The highest BCUT2D eigenvalue weighted by Crippen LogP contribution is 2.28. The fraction of sp³-hybridized carbons (Fsp3) is 0.185. The number of amides is 2. The summed E-state index contributed by atoms with van der Waals surface area (Å²) in [5.74, 6) is 0.588. The van der Waals surface area contributed by atoms with Crippen LogP contribution in [0, 0.1) is 0 Å². The van der Waals surface area contributed by atoms with Crippen molar-refractivity contribution in [3.63, 3.8) is 0 Å². The van der Waals surface area contributed by atoms with Crippen LogP contribution < -0.4 is 34.4 Å². The number of methoxy groups -OCH3 is 4. The monoisotopic (exact) mass is 521 g/mol. The predicted molar refractivity (Wildman–Crippen MR) is 139 cm³/mol. The zero-order valence-electron chi connectivity index (χ0n) is 21.3. The number of esters is 1. The van der Waals surface area contributed by atoms with E-state index in [-0.39, 0.29) is 6.54 Å². The zero-order chi connectivity index (χ0) is 27.5. The minimum atomic E-state index is -0.560. The first-order valence-corrected chi connectivity index (χ1v) is 11.2. The number of hydrogen-bond donors (Lipinski definition) is 2.